The van der Waals surface area contributed by atoms with E-state index < -0.39 is 0 Å². The van der Waals surface area contributed by atoms with Gasteiger partial charge in [-0.1, -0.05) is 53.8 Å². The van der Waals surface area contributed by atoms with Crippen molar-refractivity contribution in [2.75, 3.05) is 0 Å². The summed E-state index contributed by atoms with van der Waals surface area (Å²) in [6.45, 7) is 2.11. The maximum absolute atomic E-state index is 3.99. The molecule has 0 aliphatic carbocycles. The number of benzene rings is 2. The van der Waals surface area contributed by atoms with Crippen LogP contribution in [0.1, 0.15) is 16.7 Å². The van der Waals surface area contributed by atoms with Crippen molar-refractivity contribution in [2.24, 2.45) is 0 Å². The number of hydrogen-bond acceptors (Lipinski definition) is 1. The van der Waals surface area contributed by atoms with Gasteiger partial charge >= 0.3 is 0 Å². The highest BCUT2D eigenvalue weighted by Crippen LogP contribution is 2.21. The lowest BCUT2D eigenvalue weighted by Crippen LogP contribution is -1.82. The van der Waals surface area contributed by atoms with Crippen LogP contribution in [0.5, 0.6) is 0 Å². The first-order valence-corrected chi connectivity index (χ1v) is 6.90. The van der Waals surface area contributed by atoms with E-state index in [0.29, 0.717) is 0 Å². The fourth-order valence-corrected chi connectivity index (χ4v) is 2.18. The van der Waals surface area contributed by atoms with Gasteiger partial charge in [-0.3, -0.25) is 4.98 Å². The number of rotatable bonds is 1. The van der Waals surface area contributed by atoms with Gasteiger partial charge in [0.1, 0.15) is 0 Å². The van der Waals surface area contributed by atoms with Crippen LogP contribution < -0.4 is 0 Å². The smallest absolute Gasteiger partial charge is 0.0280 e. The minimum atomic E-state index is 0.978. The molecule has 0 saturated heterocycles. The Hall–Kier alpha value is -2.85. The molecule has 1 nitrogen and oxygen atoms in total. The van der Waals surface area contributed by atoms with Crippen LogP contribution in [0.4, 0.5) is 0 Å². The first-order chi connectivity index (χ1) is 10.3. The molecule has 0 amide bonds. The van der Waals surface area contributed by atoms with Gasteiger partial charge in [-0.15, -0.1) is 0 Å². The summed E-state index contributed by atoms with van der Waals surface area (Å²) in [5.41, 5.74) is 5.68. The third-order valence-corrected chi connectivity index (χ3v) is 3.25. The molecule has 1 heterocycles. The summed E-state index contributed by atoms with van der Waals surface area (Å²) in [4.78, 5) is 3.99. The van der Waals surface area contributed by atoms with Gasteiger partial charge in [0.25, 0.3) is 0 Å². The van der Waals surface area contributed by atoms with Crippen LogP contribution in [0.25, 0.3) is 11.1 Å². The van der Waals surface area contributed by atoms with E-state index >= 15 is 0 Å². The number of hydrogen-bond donors (Lipinski definition) is 0. The summed E-state index contributed by atoms with van der Waals surface area (Å²) in [5.74, 6) is 6.37. The number of nitrogens with zero attached hydrogens (tertiary/aromatic N) is 1. The molecule has 3 rings (SSSR count). The predicted octanol–water partition coefficient (Wildman–Crippen LogP) is 4.46. The van der Waals surface area contributed by atoms with Crippen LogP contribution in [-0.4, -0.2) is 4.98 Å². The molecule has 0 radical (unpaired) electrons. The first kappa shape index (κ1) is 13.1. The summed E-state index contributed by atoms with van der Waals surface area (Å²) < 4.78 is 0. The fraction of sp³-hybridized carbons (Fsp3) is 0.0500. The zero-order chi connectivity index (χ0) is 14.5. The summed E-state index contributed by atoms with van der Waals surface area (Å²) >= 11 is 0. The molecule has 0 spiro atoms. The average molecular weight is 269 g/mol. The van der Waals surface area contributed by atoms with Crippen LogP contribution in [0, 0.1) is 18.8 Å². The lowest BCUT2D eigenvalue weighted by atomic mass is 10.0. The molecule has 0 saturated carbocycles. The van der Waals surface area contributed by atoms with Crippen molar-refractivity contribution in [2.45, 2.75) is 6.92 Å². The zero-order valence-corrected chi connectivity index (χ0v) is 11.9. The second kappa shape index (κ2) is 6.07. The van der Waals surface area contributed by atoms with E-state index in [4.69, 9.17) is 0 Å². The number of aryl methyl sites for hydroxylation is 1. The monoisotopic (exact) mass is 269 g/mol. The van der Waals surface area contributed by atoms with Crippen LogP contribution in [0.15, 0.2) is 73.1 Å². The maximum Gasteiger partial charge on any atom is 0.0280 e. The second-order valence-corrected chi connectivity index (χ2v) is 4.94. The molecule has 100 valence electrons. The van der Waals surface area contributed by atoms with Crippen molar-refractivity contribution in [3.8, 4) is 23.0 Å². The van der Waals surface area contributed by atoms with Gasteiger partial charge in [0.05, 0.1) is 0 Å². The van der Waals surface area contributed by atoms with E-state index in [2.05, 4.69) is 60.1 Å². The van der Waals surface area contributed by atoms with Crippen LogP contribution in [0.3, 0.4) is 0 Å². The van der Waals surface area contributed by atoms with Gasteiger partial charge < -0.3 is 0 Å². The zero-order valence-electron chi connectivity index (χ0n) is 11.9. The molecular weight excluding hydrogens is 254 g/mol. The molecule has 1 heteroatoms. The number of pyridine rings is 1. The molecule has 0 unspecified atom stereocenters. The fourth-order valence-electron chi connectivity index (χ4n) is 2.18. The largest absolute Gasteiger partial charge is 0.265 e. The normalized spacial score (nSPS) is 9.76. The number of aromatic nitrogens is 1. The molecule has 21 heavy (non-hydrogen) atoms. The molecular formula is C20H15N. The Labute approximate surface area is 125 Å². The molecule has 1 aromatic heterocycles. The lowest BCUT2D eigenvalue weighted by Gasteiger charge is -2.03. The van der Waals surface area contributed by atoms with Crippen molar-refractivity contribution in [1.82, 2.24) is 4.98 Å². The van der Waals surface area contributed by atoms with E-state index in [0.717, 1.165) is 11.1 Å². The molecule has 2 aromatic carbocycles. The van der Waals surface area contributed by atoms with Crippen molar-refractivity contribution >= 4 is 0 Å². The van der Waals surface area contributed by atoms with Gasteiger partial charge in [-0.25, -0.2) is 0 Å². The highest BCUT2D eigenvalue weighted by Gasteiger charge is 1.98. The Morgan fingerprint density at radius 2 is 1.38 bits per heavy atom. The third-order valence-electron chi connectivity index (χ3n) is 3.25. The Bertz CT molecular complexity index is 808. The molecule has 0 atom stereocenters. The Morgan fingerprint density at radius 3 is 2.14 bits per heavy atom. The molecule has 0 bridgehead atoms. The maximum atomic E-state index is 3.99. The minimum Gasteiger partial charge on any atom is -0.265 e. The van der Waals surface area contributed by atoms with Gasteiger partial charge in [-0.05, 0) is 42.3 Å². The molecule has 0 N–H and O–H groups in total. The lowest BCUT2D eigenvalue weighted by molar-refractivity contribution is 1.32. The SMILES string of the molecule is Cc1cccc(-c2cccc(C#Cc3ccncc3)c2)c1. The van der Waals surface area contributed by atoms with Gasteiger partial charge in [0, 0.05) is 23.5 Å². The predicted molar refractivity (Wildman–Crippen MR) is 86.8 cm³/mol. The van der Waals surface area contributed by atoms with Crippen molar-refractivity contribution in [3.05, 3.63) is 89.7 Å². The topological polar surface area (TPSA) is 12.9 Å². The molecule has 0 aliphatic heterocycles. The van der Waals surface area contributed by atoms with Crippen molar-refractivity contribution in [3.63, 3.8) is 0 Å². The van der Waals surface area contributed by atoms with E-state index in [1.165, 1.54) is 16.7 Å². The van der Waals surface area contributed by atoms with Gasteiger partial charge in [0.15, 0.2) is 0 Å². The highest BCUT2D eigenvalue weighted by atomic mass is 14.6. The van der Waals surface area contributed by atoms with Crippen molar-refractivity contribution in [1.29, 1.82) is 0 Å². The van der Waals surface area contributed by atoms with E-state index in [-0.39, 0.29) is 0 Å². The quantitative estimate of drug-likeness (QED) is 0.594. The Morgan fingerprint density at radius 1 is 0.714 bits per heavy atom. The summed E-state index contributed by atoms with van der Waals surface area (Å²) in [5, 5.41) is 0. The summed E-state index contributed by atoms with van der Waals surface area (Å²) in [6, 6.07) is 20.7. The molecule has 3 aromatic rings. The molecule has 0 aliphatic rings. The summed E-state index contributed by atoms with van der Waals surface area (Å²) in [7, 11) is 0. The first-order valence-electron chi connectivity index (χ1n) is 6.90. The summed E-state index contributed by atoms with van der Waals surface area (Å²) in [6.07, 6.45) is 3.51. The molecule has 0 fully saturated rings. The van der Waals surface area contributed by atoms with Gasteiger partial charge in [0.2, 0.25) is 0 Å². The van der Waals surface area contributed by atoms with E-state index in [1.54, 1.807) is 12.4 Å². The highest BCUT2D eigenvalue weighted by molar-refractivity contribution is 5.66. The van der Waals surface area contributed by atoms with E-state index in [1.807, 2.05) is 24.3 Å². The third kappa shape index (κ3) is 3.38. The minimum absolute atomic E-state index is 0.978. The van der Waals surface area contributed by atoms with Crippen LogP contribution >= 0.6 is 0 Å². The van der Waals surface area contributed by atoms with Gasteiger partial charge in [-0.2, -0.15) is 0 Å². The van der Waals surface area contributed by atoms with E-state index in [9.17, 15) is 0 Å². The average Bonchev–Trinajstić information content (AvgIpc) is 2.54. The Kier molecular flexibility index (Phi) is 3.80. The van der Waals surface area contributed by atoms with Crippen LogP contribution in [-0.2, 0) is 0 Å². The van der Waals surface area contributed by atoms with Crippen molar-refractivity contribution < 1.29 is 0 Å². The van der Waals surface area contributed by atoms with Crippen LogP contribution in [0.2, 0.25) is 0 Å². The second-order valence-electron chi connectivity index (χ2n) is 4.94. The standard InChI is InChI=1S/C20H15N/c1-16-4-2-6-19(14-16)20-7-3-5-18(15-20)9-8-17-10-12-21-13-11-17/h2-7,10-15H,1H3. The Balaban J connectivity index is 1.93.